The lowest BCUT2D eigenvalue weighted by Crippen LogP contribution is -2.12. The van der Waals surface area contributed by atoms with E-state index in [4.69, 9.17) is 16.3 Å². The highest BCUT2D eigenvalue weighted by atomic mass is 35.5. The Labute approximate surface area is 128 Å². The molecule has 6 nitrogen and oxygen atoms in total. The zero-order valence-corrected chi connectivity index (χ0v) is 13.2. The SMILES string of the molecule is CNc1nc(Nc2cccc(Cl)c2C)nc(OC(C)C)n1. The van der Waals surface area contributed by atoms with Crippen molar-refractivity contribution in [1.29, 1.82) is 0 Å². The number of benzene rings is 1. The molecule has 0 aliphatic rings. The number of hydrogen-bond donors (Lipinski definition) is 2. The average Bonchev–Trinajstić information content (AvgIpc) is 2.43. The molecule has 2 N–H and O–H groups in total. The first-order valence-electron chi connectivity index (χ1n) is 6.62. The van der Waals surface area contributed by atoms with Crippen molar-refractivity contribution in [2.45, 2.75) is 26.9 Å². The molecule has 2 rings (SSSR count). The molecule has 0 spiro atoms. The molecule has 0 aliphatic carbocycles. The monoisotopic (exact) mass is 307 g/mol. The summed E-state index contributed by atoms with van der Waals surface area (Å²) >= 11 is 6.11. The van der Waals surface area contributed by atoms with Crippen molar-refractivity contribution in [3.8, 4) is 6.01 Å². The van der Waals surface area contributed by atoms with E-state index < -0.39 is 0 Å². The summed E-state index contributed by atoms with van der Waals surface area (Å²) in [5.41, 5.74) is 1.77. The van der Waals surface area contributed by atoms with Crippen LogP contribution in [0.5, 0.6) is 6.01 Å². The quantitative estimate of drug-likeness (QED) is 0.882. The molecule has 21 heavy (non-hydrogen) atoms. The maximum absolute atomic E-state index is 6.11. The second-order valence-electron chi connectivity index (χ2n) is 4.72. The number of aromatic nitrogens is 3. The summed E-state index contributed by atoms with van der Waals surface area (Å²) in [5, 5.41) is 6.70. The van der Waals surface area contributed by atoms with Crippen LogP contribution in [0.1, 0.15) is 19.4 Å². The van der Waals surface area contributed by atoms with Crippen molar-refractivity contribution in [2.75, 3.05) is 17.7 Å². The fourth-order valence-electron chi connectivity index (χ4n) is 1.65. The third kappa shape index (κ3) is 3.95. The second-order valence-corrected chi connectivity index (χ2v) is 5.13. The third-order valence-corrected chi connectivity index (χ3v) is 3.10. The Bertz CT molecular complexity index is 633. The topological polar surface area (TPSA) is 72.0 Å². The number of rotatable bonds is 5. The van der Waals surface area contributed by atoms with E-state index in [1.54, 1.807) is 7.05 Å². The van der Waals surface area contributed by atoms with Crippen molar-refractivity contribution in [1.82, 2.24) is 15.0 Å². The molecule has 1 heterocycles. The Morgan fingerprint density at radius 2 is 1.86 bits per heavy atom. The number of anilines is 3. The molecule has 0 unspecified atom stereocenters. The van der Waals surface area contributed by atoms with Crippen LogP contribution in [0, 0.1) is 6.92 Å². The summed E-state index contributed by atoms with van der Waals surface area (Å²) in [6.07, 6.45) is -0.0159. The van der Waals surface area contributed by atoms with Gasteiger partial charge < -0.3 is 15.4 Å². The lowest BCUT2D eigenvalue weighted by molar-refractivity contribution is 0.222. The zero-order chi connectivity index (χ0) is 15.4. The highest BCUT2D eigenvalue weighted by molar-refractivity contribution is 6.31. The van der Waals surface area contributed by atoms with Gasteiger partial charge in [-0.3, -0.25) is 0 Å². The molecule has 2 aromatic rings. The van der Waals surface area contributed by atoms with Gasteiger partial charge in [-0.25, -0.2) is 0 Å². The molecule has 0 fully saturated rings. The molecule has 1 aromatic carbocycles. The van der Waals surface area contributed by atoms with Gasteiger partial charge in [0.1, 0.15) is 0 Å². The second kappa shape index (κ2) is 6.58. The van der Waals surface area contributed by atoms with E-state index in [9.17, 15) is 0 Å². The van der Waals surface area contributed by atoms with Gasteiger partial charge in [-0.1, -0.05) is 17.7 Å². The number of hydrogen-bond acceptors (Lipinski definition) is 6. The minimum atomic E-state index is -0.0159. The van der Waals surface area contributed by atoms with Crippen LogP contribution in [0.15, 0.2) is 18.2 Å². The molecule has 0 bridgehead atoms. The Morgan fingerprint density at radius 3 is 2.52 bits per heavy atom. The first-order chi connectivity index (χ1) is 9.99. The molecule has 0 atom stereocenters. The lowest BCUT2D eigenvalue weighted by Gasteiger charge is -2.12. The van der Waals surface area contributed by atoms with Crippen LogP contribution in [0.25, 0.3) is 0 Å². The van der Waals surface area contributed by atoms with Crippen molar-refractivity contribution in [3.05, 3.63) is 28.8 Å². The highest BCUT2D eigenvalue weighted by Crippen LogP contribution is 2.25. The average molecular weight is 308 g/mol. The molecule has 0 saturated carbocycles. The summed E-state index contributed by atoms with van der Waals surface area (Å²) in [6.45, 7) is 5.75. The summed E-state index contributed by atoms with van der Waals surface area (Å²) in [6, 6.07) is 5.88. The van der Waals surface area contributed by atoms with E-state index in [0.717, 1.165) is 11.3 Å². The van der Waals surface area contributed by atoms with Gasteiger partial charge in [0.05, 0.1) is 6.10 Å². The fourth-order valence-corrected chi connectivity index (χ4v) is 1.83. The van der Waals surface area contributed by atoms with Crippen molar-refractivity contribution < 1.29 is 4.74 Å². The van der Waals surface area contributed by atoms with Crippen LogP contribution in [0.3, 0.4) is 0 Å². The van der Waals surface area contributed by atoms with Gasteiger partial charge in [0, 0.05) is 17.8 Å². The normalized spacial score (nSPS) is 10.6. The molecular weight excluding hydrogens is 290 g/mol. The molecular formula is C14H18ClN5O. The number of ether oxygens (including phenoxy) is 1. The number of nitrogens with zero attached hydrogens (tertiary/aromatic N) is 3. The van der Waals surface area contributed by atoms with Crippen molar-refractivity contribution in [2.24, 2.45) is 0 Å². The van der Waals surface area contributed by atoms with Gasteiger partial charge in [-0.05, 0) is 38.5 Å². The summed E-state index contributed by atoms with van der Waals surface area (Å²) in [5.74, 6) is 0.832. The molecule has 0 saturated heterocycles. The fraction of sp³-hybridized carbons (Fsp3) is 0.357. The van der Waals surface area contributed by atoms with Gasteiger partial charge >= 0.3 is 6.01 Å². The largest absolute Gasteiger partial charge is 0.461 e. The first kappa shape index (κ1) is 15.3. The van der Waals surface area contributed by atoms with E-state index in [-0.39, 0.29) is 12.1 Å². The van der Waals surface area contributed by atoms with Gasteiger partial charge in [0.15, 0.2) is 0 Å². The van der Waals surface area contributed by atoms with E-state index in [1.807, 2.05) is 39.0 Å². The summed E-state index contributed by atoms with van der Waals surface area (Å²) < 4.78 is 5.52. The summed E-state index contributed by atoms with van der Waals surface area (Å²) in [7, 11) is 1.74. The molecule has 0 aliphatic heterocycles. The zero-order valence-electron chi connectivity index (χ0n) is 12.4. The molecule has 7 heteroatoms. The van der Waals surface area contributed by atoms with E-state index in [1.165, 1.54) is 0 Å². The predicted octanol–water partition coefficient (Wildman–Crippen LogP) is 3.41. The Kier molecular flexibility index (Phi) is 4.80. The first-order valence-corrected chi connectivity index (χ1v) is 7.00. The lowest BCUT2D eigenvalue weighted by atomic mass is 10.2. The van der Waals surface area contributed by atoms with E-state index >= 15 is 0 Å². The Balaban J connectivity index is 2.32. The van der Waals surface area contributed by atoms with Crippen LogP contribution in [0.4, 0.5) is 17.6 Å². The van der Waals surface area contributed by atoms with Gasteiger partial charge in [-0.2, -0.15) is 15.0 Å². The van der Waals surface area contributed by atoms with Crippen LogP contribution in [-0.4, -0.2) is 28.1 Å². The molecule has 0 radical (unpaired) electrons. The van der Waals surface area contributed by atoms with Gasteiger partial charge in [0.25, 0.3) is 0 Å². The Morgan fingerprint density at radius 1 is 1.14 bits per heavy atom. The standard InChI is InChI=1S/C14H18ClN5O/c1-8(2)21-14-19-12(16-4)18-13(20-14)17-11-7-5-6-10(15)9(11)3/h5-8H,1-4H3,(H2,16,17,18,19,20). The van der Waals surface area contributed by atoms with E-state index in [0.29, 0.717) is 16.9 Å². The van der Waals surface area contributed by atoms with Crippen molar-refractivity contribution >= 4 is 29.2 Å². The predicted molar refractivity (Wildman–Crippen MR) is 84.6 cm³/mol. The maximum Gasteiger partial charge on any atom is 0.323 e. The number of halogens is 1. The molecule has 0 amide bonds. The van der Waals surface area contributed by atoms with Crippen molar-refractivity contribution in [3.63, 3.8) is 0 Å². The highest BCUT2D eigenvalue weighted by Gasteiger charge is 2.10. The minimum absolute atomic E-state index is 0.0159. The Hall–Kier alpha value is -2.08. The smallest absolute Gasteiger partial charge is 0.323 e. The molecule has 1 aromatic heterocycles. The van der Waals surface area contributed by atoms with Crippen LogP contribution >= 0.6 is 11.6 Å². The third-order valence-electron chi connectivity index (χ3n) is 2.69. The van der Waals surface area contributed by atoms with Gasteiger partial charge in [0.2, 0.25) is 11.9 Å². The van der Waals surface area contributed by atoms with Crippen LogP contribution in [-0.2, 0) is 0 Å². The van der Waals surface area contributed by atoms with E-state index in [2.05, 4.69) is 25.6 Å². The van der Waals surface area contributed by atoms with Gasteiger partial charge in [-0.15, -0.1) is 0 Å². The molecule has 112 valence electrons. The summed E-state index contributed by atoms with van der Waals surface area (Å²) in [4.78, 5) is 12.7. The maximum atomic E-state index is 6.11. The van der Waals surface area contributed by atoms with Crippen LogP contribution in [0.2, 0.25) is 5.02 Å². The number of nitrogens with one attached hydrogen (secondary N) is 2. The van der Waals surface area contributed by atoms with Crippen LogP contribution < -0.4 is 15.4 Å². The minimum Gasteiger partial charge on any atom is -0.461 e.